The van der Waals surface area contributed by atoms with Crippen LogP contribution in [0.5, 0.6) is 17.2 Å². The van der Waals surface area contributed by atoms with Crippen molar-refractivity contribution in [1.29, 1.82) is 0 Å². The maximum Gasteiger partial charge on any atom is 0.203 e. The van der Waals surface area contributed by atoms with E-state index in [9.17, 15) is 0 Å². The van der Waals surface area contributed by atoms with Crippen LogP contribution in [0.1, 0.15) is 39.0 Å². The molecule has 0 aromatic heterocycles. The van der Waals surface area contributed by atoms with Crippen LogP contribution in [0.2, 0.25) is 0 Å². The summed E-state index contributed by atoms with van der Waals surface area (Å²) in [5.41, 5.74) is 0. The summed E-state index contributed by atoms with van der Waals surface area (Å²) in [6.45, 7) is 2.95. The molecule has 0 N–H and O–H groups in total. The van der Waals surface area contributed by atoms with Gasteiger partial charge in [-0.05, 0) is 18.6 Å². The van der Waals surface area contributed by atoms with Gasteiger partial charge in [-0.1, -0.05) is 38.7 Å². The Morgan fingerprint density at radius 1 is 0.889 bits per heavy atom. The second-order valence-electron chi connectivity index (χ2n) is 4.25. The van der Waals surface area contributed by atoms with Gasteiger partial charge in [0.1, 0.15) is 0 Å². The molecule has 0 aliphatic carbocycles. The first kappa shape index (κ1) is 14.7. The van der Waals surface area contributed by atoms with Gasteiger partial charge in [0.25, 0.3) is 0 Å². The van der Waals surface area contributed by atoms with Gasteiger partial charge in [-0.25, -0.2) is 0 Å². The quantitative estimate of drug-likeness (QED) is 0.620. The monoisotopic (exact) mass is 252 g/mol. The van der Waals surface area contributed by atoms with Crippen LogP contribution in [0.3, 0.4) is 0 Å². The highest BCUT2D eigenvalue weighted by atomic mass is 16.5. The molecule has 0 amide bonds. The summed E-state index contributed by atoms with van der Waals surface area (Å²) in [4.78, 5) is 0. The average Bonchev–Trinajstić information content (AvgIpc) is 2.42. The molecule has 0 radical (unpaired) electrons. The lowest BCUT2D eigenvalue weighted by Gasteiger charge is -2.13. The van der Waals surface area contributed by atoms with Gasteiger partial charge in [-0.15, -0.1) is 0 Å². The van der Waals surface area contributed by atoms with Crippen molar-refractivity contribution in [2.24, 2.45) is 0 Å². The highest BCUT2D eigenvalue weighted by molar-refractivity contribution is 5.50. The number of methoxy groups -OCH3 is 2. The fraction of sp³-hybridized carbons (Fsp3) is 0.600. The van der Waals surface area contributed by atoms with Gasteiger partial charge in [-0.2, -0.15) is 0 Å². The number of unbranched alkanes of at least 4 members (excludes halogenated alkanes) is 4. The molecule has 0 unspecified atom stereocenters. The Bertz CT molecular complexity index is 337. The third-order valence-corrected chi connectivity index (χ3v) is 2.87. The molecule has 102 valence electrons. The van der Waals surface area contributed by atoms with Crippen LogP contribution in [-0.2, 0) is 0 Å². The molecule has 1 rings (SSSR count). The molecule has 0 atom stereocenters. The van der Waals surface area contributed by atoms with Crippen molar-refractivity contribution in [1.82, 2.24) is 0 Å². The zero-order valence-corrected chi connectivity index (χ0v) is 11.7. The van der Waals surface area contributed by atoms with E-state index in [0.29, 0.717) is 11.5 Å². The van der Waals surface area contributed by atoms with Gasteiger partial charge >= 0.3 is 0 Å². The van der Waals surface area contributed by atoms with Crippen molar-refractivity contribution >= 4 is 0 Å². The predicted molar refractivity (Wildman–Crippen MR) is 73.8 cm³/mol. The SMILES string of the molecule is CCCCCCCOc1cccc(OC)c1OC. The molecular weight excluding hydrogens is 228 g/mol. The first-order chi connectivity index (χ1) is 8.83. The normalized spacial score (nSPS) is 10.2. The Morgan fingerprint density at radius 3 is 2.28 bits per heavy atom. The summed E-state index contributed by atoms with van der Waals surface area (Å²) >= 11 is 0. The van der Waals surface area contributed by atoms with E-state index >= 15 is 0 Å². The molecule has 0 aliphatic rings. The molecule has 0 aliphatic heterocycles. The number of rotatable bonds is 9. The average molecular weight is 252 g/mol. The molecule has 0 bridgehead atoms. The first-order valence-electron chi connectivity index (χ1n) is 6.67. The van der Waals surface area contributed by atoms with Crippen LogP contribution in [0.15, 0.2) is 18.2 Å². The van der Waals surface area contributed by atoms with E-state index in [4.69, 9.17) is 14.2 Å². The van der Waals surface area contributed by atoms with Crippen LogP contribution < -0.4 is 14.2 Å². The van der Waals surface area contributed by atoms with Crippen molar-refractivity contribution in [3.8, 4) is 17.2 Å². The molecule has 3 nitrogen and oxygen atoms in total. The van der Waals surface area contributed by atoms with Crippen molar-refractivity contribution < 1.29 is 14.2 Å². The van der Waals surface area contributed by atoms with E-state index < -0.39 is 0 Å². The topological polar surface area (TPSA) is 27.7 Å². The van der Waals surface area contributed by atoms with Crippen LogP contribution in [0.25, 0.3) is 0 Å². The number of benzene rings is 1. The predicted octanol–water partition coefficient (Wildman–Crippen LogP) is 4.05. The first-order valence-corrected chi connectivity index (χ1v) is 6.67. The van der Waals surface area contributed by atoms with Gasteiger partial charge in [0.15, 0.2) is 11.5 Å². The van der Waals surface area contributed by atoms with Gasteiger partial charge in [-0.3, -0.25) is 0 Å². The summed E-state index contributed by atoms with van der Waals surface area (Å²) in [6, 6.07) is 5.69. The molecule has 18 heavy (non-hydrogen) atoms. The van der Waals surface area contributed by atoms with Crippen LogP contribution in [0, 0.1) is 0 Å². The molecule has 1 aromatic rings. The van der Waals surface area contributed by atoms with Crippen molar-refractivity contribution in [2.45, 2.75) is 39.0 Å². The van der Waals surface area contributed by atoms with Gasteiger partial charge in [0.05, 0.1) is 20.8 Å². The van der Waals surface area contributed by atoms with E-state index in [1.54, 1.807) is 14.2 Å². The van der Waals surface area contributed by atoms with E-state index in [2.05, 4.69) is 6.92 Å². The molecule has 0 saturated heterocycles. The minimum absolute atomic E-state index is 0.675. The van der Waals surface area contributed by atoms with Crippen LogP contribution in [-0.4, -0.2) is 20.8 Å². The molecule has 0 spiro atoms. The Balaban J connectivity index is 2.41. The molecule has 0 heterocycles. The minimum atomic E-state index is 0.675. The second kappa shape index (κ2) is 8.67. The van der Waals surface area contributed by atoms with Crippen molar-refractivity contribution in [2.75, 3.05) is 20.8 Å². The third kappa shape index (κ3) is 4.47. The maximum absolute atomic E-state index is 5.75. The van der Waals surface area contributed by atoms with Gasteiger partial charge in [0, 0.05) is 0 Å². The molecular formula is C15H24O3. The van der Waals surface area contributed by atoms with E-state index in [1.165, 1.54) is 25.7 Å². The highest BCUT2D eigenvalue weighted by Crippen LogP contribution is 2.36. The maximum atomic E-state index is 5.75. The van der Waals surface area contributed by atoms with E-state index in [-0.39, 0.29) is 0 Å². The zero-order valence-electron chi connectivity index (χ0n) is 11.7. The molecule has 3 heteroatoms. The summed E-state index contributed by atoms with van der Waals surface area (Å²) in [5, 5.41) is 0. The van der Waals surface area contributed by atoms with Crippen molar-refractivity contribution in [3.05, 3.63) is 18.2 Å². The van der Waals surface area contributed by atoms with E-state index in [0.717, 1.165) is 18.8 Å². The lowest BCUT2D eigenvalue weighted by atomic mass is 10.2. The largest absolute Gasteiger partial charge is 0.493 e. The van der Waals surface area contributed by atoms with Crippen LogP contribution in [0.4, 0.5) is 0 Å². The lowest BCUT2D eigenvalue weighted by molar-refractivity contribution is 0.276. The Labute approximate surface area is 110 Å². The zero-order chi connectivity index (χ0) is 13.2. The Kier molecular flexibility index (Phi) is 7.07. The fourth-order valence-corrected chi connectivity index (χ4v) is 1.86. The summed E-state index contributed by atoms with van der Waals surface area (Å²) in [7, 11) is 3.26. The minimum Gasteiger partial charge on any atom is -0.493 e. The number of hydrogen-bond donors (Lipinski definition) is 0. The Morgan fingerprint density at radius 2 is 1.61 bits per heavy atom. The summed E-state index contributed by atoms with van der Waals surface area (Å²) in [6.07, 6.45) is 6.17. The second-order valence-corrected chi connectivity index (χ2v) is 4.25. The summed E-state index contributed by atoms with van der Waals surface area (Å²) < 4.78 is 16.3. The summed E-state index contributed by atoms with van der Waals surface area (Å²) in [5.74, 6) is 2.14. The number of ether oxygens (including phenoxy) is 3. The smallest absolute Gasteiger partial charge is 0.203 e. The molecule has 0 fully saturated rings. The van der Waals surface area contributed by atoms with Gasteiger partial charge < -0.3 is 14.2 Å². The van der Waals surface area contributed by atoms with E-state index in [1.807, 2.05) is 18.2 Å². The Hall–Kier alpha value is -1.38. The molecule has 1 aromatic carbocycles. The number of hydrogen-bond acceptors (Lipinski definition) is 3. The molecule has 0 saturated carbocycles. The lowest BCUT2D eigenvalue weighted by Crippen LogP contribution is -2.00. The fourth-order valence-electron chi connectivity index (χ4n) is 1.86. The highest BCUT2D eigenvalue weighted by Gasteiger charge is 2.09. The van der Waals surface area contributed by atoms with Gasteiger partial charge in [0.2, 0.25) is 5.75 Å². The van der Waals surface area contributed by atoms with Crippen LogP contribution >= 0.6 is 0 Å². The van der Waals surface area contributed by atoms with Crippen molar-refractivity contribution in [3.63, 3.8) is 0 Å². The number of para-hydroxylation sites is 1. The standard InChI is InChI=1S/C15H24O3/c1-4-5-6-7-8-12-18-14-11-9-10-13(16-2)15(14)17-3/h9-11H,4-8,12H2,1-3H3. The third-order valence-electron chi connectivity index (χ3n) is 2.87.